The fourth-order valence-corrected chi connectivity index (χ4v) is 1.75. The van der Waals surface area contributed by atoms with Gasteiger partial charge in [-0.1, -0.05) is 24.6 Å². The molecule has 1 aromatic carbocycles. The smallest absolute Gasteiger partial charge is 0.203 e. The van der Waals surface area contributed by atoms with Crippen LogP contribution in [0.25, 0.3) is 5.69 Å². The van der Waals surface area contributed by atoms with Gasteiger partial charge in [-0.15, -0.1) is 5.10 Å². The molecule has 4 heteroatoms. The van der Waals surface area contributed by atoms with Crippen LogP contribution in [0.1, 0.15) is 24.7 Å². The number of nitrogens with zero attached hydrogens (tertiary/aromatic N) is 3. The van der Waals surface area contributed by atoms with Gasteiger partial charge < -0.3 is 0 Å². The number of hydrogen-bond acceptors (Lipinski definition) is 2. The van der Waals surface area contributed by atoms with E-state index >= 15 is 0 Å². The van der Waals surface area contributed by atoms with Gasteiger partial charge in [0.1, 0.15) is 0 Å². The standard InChI is InChI=1S/C12H14ClN3/c1-3-4-11-14-12(13)16(15-11)10-7-5-9(2)6-8-10/h5-8H,3-4H2,1-2H3. The van der Waals surface area contributed by atoms with Gasteiger partial charge in [0.25, 0.3) is 0 Å². The average Bonchev–Trinajstić information content (AvgIpc) is 2.61. The maximum atomic E-state index is 6.04. The molecule has 2 aromatic rings. The van der Waals surface area contributed by atoms with E-state index in [-0.39, 0.29) is 0 Å². The lowest BCUT2D eigenvalue weighted by molar-refractivity contribution is 0.799. The van der Waals surface area contributed by atoms with Crippen molar-refractivity contribution < 1.29 is 0 Å². The Labute approximate surface area is 100 Å². The highest BCUT2D eigenvalue weighted by Gasteiger charge is 2.08. The third-order valence-corrected chi connectivity index (χ3v) is 2.61. The fraction of sp³-hybridized carbons (Fsp3) is 0.333. The Morgan fingerprint density at radius 1 is 1.25 bits per heavy atom. The Morgan fingerprint density at radius 3 is 2.56 bits per heavy atom. The third-order valence-electron chi connectivity index (χ3n) is 2.36. The Kier molecular flexibility index (Phi) is 3.25. The minimum absolute atomic E-state index is 0.423. The zero-order chi connectivity index (χ0) is 11.5. The summed E-state index contributed by atoms with van der Waals surface area (Å²) in [6.07, 6.45) is 1.88. The molecule has 1 heterocycles. The summed E-state index contributed by atoms with van der Waals surface area (Å²) < 4.78 is 1.67. The van der Waals surface area contributed by atoms with Crippen LogP contribution >= 0.6 is 11.6 Å². The van der Waals surface area contributed by atoms with E-state index in [0.717, 1.165) is 24.4 Å². The molecule has 0 aliphatic rings. The van der Waals surface area contributed by atoms with Crippen LogP contribution in [0.4, 0.5) is 0 Å². The second-order valence-corrected chi connectivity index (χ2v) is 4.13. The van der Waals surface area contributed by atoms with Crippen molar-refractivity contribution in [2.24, 2.45) is 0 Å². The summed E-state index contributed by atoms with van der Waals surface area (Å²) >= 11 is 6.04. The van der Waals surface area contributed by atoms with Crippen molar-refractivity contribution in [2.75, 3.05) is 0 Å². The van der Waals surface area contributed by atoms with Gasteiger partial charge in [-0.2, -0.15) is 0 Å². The van der Waals surface area contributed by atoms with Crippen molar-refractivity contribution >= 4 is 11.6 Å². The highest BCUT2D eigenvalue weighted by molar-refractivity contribution is 6.28. The SMILES string of the molecule is CCCc1nc(Cl)n(-c2ccc(C)cc2)n1. The molecule has 2 rings (SSSR count). The van der Waals surface area contributed by atoms with E-state index in [1.165, 1.54) is 5.56 Å². The molecule has 0 radical (unpaired) electrons. The van der Waals surface area contributed by atoms with Crippen molar-refractivity contribution in [3.63, 3.8) is 0 Å². The molecular weight excluding hydrogens is 222 g/mol. The lowest BCUT2D eigenvalue weighted by atomic mass is 10.2. The van der Waals surface area contributed by atoms with Crippen LogP contribution in [-0.4, -0.2) is 14.8 Å². The number of aryl methyl sites for hydroxylation is 2. The van der Waals surface area contributed by atoms with Crippen LogP contribution in [0.5, 0.6) is 0 Å². The highest BCUT2D eigenvalue weighted by atomic mass is 35.5. The highest BCUT2D eigenvalue weighted by Crippen LogP contribution is 2.15. The molecule has 1 aromatic heterocycles. The normalized spacial score (nSPS) is 10.7. The Hall–Kier alpha value is -1.35. The van der Waals surface area contributed by atoms with E-state index in [1.54, 1.807) is 4.68 Å². The topological polar surface area (TPSA) is 30.7 Å². The number of aromatic nitrogens is 3. The number of halogens is 1. The van der Waals surface area contributed by atoms with Gasteiger partial charge in [0.2, 0.25) is 5.28 Å². The third kappa shape index (κ3) is 2.25. The number of benzene rings is 1. The van der Waals surface area contributed by atoms with Crippen LogP contribution in [0, 0.1) is 6.92 Å². The molecule has 3 nitrogen and oxygen atoms in total. The molecule has 0 saturated carbocycles. The van der Waals surface area contributed by atoms with Gasteiger partial charge in [-0.05, 0) is 37.1 Å². The molecule has 16 heavy (non-hydrogen) atoms. The lowest BCUT2D eigenvalue weighted by Crippen LogP contribution is -1.97. The molecule has 0 atom stereocenters. The lowest BCUT2D eigenvalue weighted by Gasteiger charge is -2.01. The van der Waals surface area contributed by atoms with Gasteiger partial charge in [0.15, 0.2) is 5.82 Å². The monoisotopic (exact) mass is 235 g/mol. The van der Waals surface area contributed by atoms with Crippen molar-refractivity contribution in [2.45, 2.75) is 26.7 Å². The second kappa shape index (κ2) is 4.66. The van der Waals surface area contributed by atoms with Crippen LogP contribution in [-0.2, 0) is 6.42 Å². The molecule has 0 unspecified atom stereocenters. The molecule has 0 spiro atoms. The van der Waals surface area contributed by atoms with Crippen LogP contribution in [0.3, 0.4) is 0 Å². The van der Waals surface area contributed by atoms with E-state index in [2.05, 4.69) is 23.9 Å². The first-order valence-electron chi connectivity index (χ1n) is 5.39. The van der Waals surface area contributed by atoms with Crippen LogP contribution in [0.15, 0.2) is 24.3 Å². The Bertz CT molecular complexity index is 474. The summed E-state index contributed by atoms with van der Waals surface area (Å²) in [4.78, 5) is 4.22. The quantitative estimate of drug-likeness (QED) is 0.818. The van der Waals surface area contributed by atoms with Crippen LogP contribution in [0.2, 0.25) is 5.28 Å². The molecule has 0 fully saturated rings. The van der Waals surface area contributed by atoms with Crippen molar-refractivity contribution in [1.82, 2.24) is 14.8 Å². The summed E-state index contributed by atoms with van der Waals surface area (Å²) in [6.45, 7) is 4.15. The van der Waals surface area contributed by atoms with Crippen LogP contribution < -0.4 is 0 Å². The first kappa shape index (κ1) is 11.1. The van der Waals surface area contributed by atoms with Crippen molar-refractivity contribution in [1.29, 1.82) is 0 Å². The van der Waals surface area contributed by atoms with Crippen molar-refractivity contribution in [3.8, 4) is 5.69 Å². The van der Waals surface area contributed by atoms with Gasteiger partial charge in [0, 0.05) is 6.42 Å². The van der Waals surface area contributed by atoms with Gasteiger partial charge in [0.05, 0.1) is 5.69 Å². The van der Waals surface area contributed by atoms with Gasteiger partial charge in [-0.25, -0.2) is 9.67 Å². The molecule has 0 N–H and O–H groups in total. The Balaban J connectivity index is 2.36. The van der Waals surface area contributed by atoms with E-state index < -0.39 is 0 Å². The average molecular weight is 236 g/mol. The van der Waals surface area contributed by atoms with E-state index in [4.69, 9.17) is 11.6 Å². The summed E-state index contributed by atoms with van der Waals surface area (Å²) in [5.41, 5.74) is 2.17. The number of hydrogen-bond donors (Lipinski definition) is 0. The summed E-state index contributed by atoms with van der Waals surface area (Å²) in [6, 6.07) is 8.05. The predicted octanol–water partition coefficient (Wildman–Crippen LogP) is 3.18. The molecule has 0 aliphatic heterocycles. The summed E-state index contributed by atoms with van der Waals surface area (Å²) in [5.74, 6) is 0.799. The molecule has 0 amide bonds. The largest absolute Gasteiger partial charge is 0.225 e. The van der Waals surface area contributed by atoms with E-state index in [0.29, 0.717) is 5.28 Å². The van der Waals surface area contributed by atoms with Gasteiger partial charge in [-0.3, -0.25) is 0 Å². The first-order valence-corrected chi connectivity index (χ1v) is 5.77. The molecule has 0 bridgehead atoms. The van der Waals surface area contributed by atoms with E-state index in [9.17, 15) is 0 Å². The second-order valence-electron chi connectivity index (χ2n) is 3.79. The minimum atomic E-state index is 0.423. The summed E-state index contributed by atoms with van der Waals surface area (Å²) in [7, 11) is 0. The maximum Gasteiger partial charge on any atom is 0.225 e. The van der Waals surface area contributed by atoms with E-state index in [1.807, 2.05) is 24.3 Å². The summed E-state index contributed by atoms with van der Waals surface area (Å²) in [5, 5.41) is 4.80. The zero-order valence-corrected chi connectivity index (χ0v) is 10.2. The Morgan fingerprint density at radius 2 is 1.94 bits per heavy atom. The predicted molar refractivity (Wildman–Crippen MR) is 65.1 cm³/mol. The zero-order valence-electron chi connectivity index (χ0n) is 9.44. The van der Waals surface area contributed by atoms with Crippen molar-refractivity contribution in [3.05, 3.63) is 40.9 Å². The van der Waals surface area contributed by atoms with Gasteiger partial charge >= 0.3 is 0 Å². The first-order chi connectivity index (χ1) is 7.70. The minimum Gasteiger partial charge on any atom is -0.203 e. The molecule has 84 valence electrons. The maximum absolute atomic E-state index is 6.04. The molecule has 0 aliphatic carbocycles. The molecule has 0 saturated heterocycles. The molecular formula is C12H14ClN3. The number of rotatable bonds is 3. The fourth-order valence-electron chi connectivity index (χ4n) is 1.51.